The zero-order chi connectivity index (χ0) is 19.5. The molecule has 0 aliphatic rings. The Hall–Kier alpha value is -3.56. The van der Waals surface area contributed by atoms with Crippen molar-refractivity contribution >= 4 is 22.8 Å². The van der Waals surface area contributed by atoms with Crippen molar-refractivity contribution in [3.8, 4) is 0 Å². The van der Waals surface area contributed by atoms with Gasteiger partial charge in [-0.25, -0.2) is 9.36 Å². The van der Waals surface area contributed by atoms with E-state index in [0.29, 0.717) is 12.3 Å². The lowest BCUT2D eigenvalue weighted by atomic mass is 10.3. The quantitative estimate of drug-likeness (QED) is 0.537. The van der Waals surface area contributed by atoms with Gasteiger partial charge in [0.2, 0.25) is 11.7 Å². The summed E-state index contributed by atoms with van der Waals surface area (Å²) >= 11 is 0. The van der Waals surface area contributed by atoms with Crippen molar-refractivity contribution in [1.29, 1.82) is 0 Å². The van der Waals surface area contributed by atoms with Crippen molar-refractivity contribution in [3.63, 3.8) is 0 Å². The number of aromatic nitrogens is 5. The van der Waals surface area contributed by atoms with Gasteiger partial charge < -0.3 is 14.7 Å². The third kappa shape index (κ3) is 2.33. The van der Waals surface area contributed by atoms with Gasteiger partial charge in [0.25, 0.3) is 5.56 Å². The molecule has 4 rings (SSSR count). The summed E-state index contributed by atoms with van der Waals surface area (Å²) in [7, 11) is 1.51. The molecule has 4 aromatic rings. The van der Waals surface area contributed by atoms with E-state index in [1.807, 2.05) is 24.5 Å². The molecule has 140 valence electrons. The van der Waals surface area contributed by atoms with Crippen LogP contribution < -0.4 is 17.0 Å². The molecule has 27 heavy (non-hydrogen) atoms. The Kier molecular flexibility index (Phi) is 3.58. The Labute approximate surface area is 152 Å². The third-order valence-electron chi connectivity index (χ3n) is 4.84. The van der Waals surface area contributed by atoms with Gasteiger partial charge in [-0.2, -0.15) is 4.98 Å². The van der Waals surface area contributed by atoms with Crippen LogP contribution in [0.5, 0.6) is 0 Å². The van der Waals surface area contributed by atoms with E-state index in [2.05, 4.69) is 4.98 Å². The SMILES string of the molecule is Cc1c(C)n2c3c(=O)n(CC(N)=O)c(=O)n(C)c3nc2n1Cc1ccco1. The number of nitrogens with zero attached hydrogens (tertiary/aromatic N) is 5. The molecule has 0 unspecified atom stereocenters. The van der Waals surface area contributed by atoms with E-state index in [1.54, 1.807) is 16.7 Å². The van der Waals surface area contributed by atoms with Crippen LogP contribution in [0, 0.1) is 13.8 Å². The molecule has 0 radical (unpaired) electrons. The Morgan fingerprint density at radius 3 is 2.59 bits per heavy atom. The molecule has 10 heteroatoms. The number of fused-ring (bicyclic) bond motifs is 3. The summed E-state index contributed by atoms with van der Waals surface area (Å²) in [5.74, 6) is 0.487. The standard InChI is InChI=1S/C17H18N6O4/c1-9-10(2)23-13-14(19-16(23)21(9)7-11-5-4-6-27-11)20(3)17(26)22(15(13)25)8-12(18)24/h4-6H,7-8H2,1-3H3,(H2,18,24). The summed E-state index contributed by atoms with van der Waals surface area (Å²) in [6, 6.07) is 3.65. The van der Waals surface area contributed by atoms with Crippen LogP contribution in [-0.4, -0.2) is 29.0 Å². The molecule has 10 nitrogen and oxygen atoms in total. The van der Waals surface area contributed by atoms with Crippen molar-refractivity contribution in [2.75, 3.05) is 0 Å². The summed E-state index contributed by atoms with van der Waals surface area (Å²) in [6.45, 7) is 3.73. The minimum atomic E-state index is -0.766. The van der Waals surface area contributed by atoms with Crippen molar-refractivity contribution in [1.82, 2.24) is 23.1 Å². The molecular formula is C17H18N6O4. The highest BCUT2D eigenvalue weighted by atomic mass is 16.3. The fourth-order valence-corrected chi connectivity index (χ4v) is 3.36. The Balaban J connectivity index is 2.10. The first-order valence-electron chi connectivity index (χ1n) is 8.29. The molecule has 1 amide bonds. The number of furan rings is 1. The van der Waals surface area contributed by atoms with Gasteiger partial charge in [0, 0.05) is 18.4 Å². The molecule has 4 heterocycles. The van der Waals surface area contributed by atoms with E-state index in [9.17, 15) is 14.4 Å². The Bertz CT molecular complexity index is 1320. The van der Waals surface area contributed by atoms with Gasteiger partial charge in [0.05, 0.1) is 12.8 Å². The largest absolute Gasteiger partial charge is 0.467 e. The van der Waals surface area contributed by atoms with Crippen LogP contribution in [0.15, 0.2) is 32.4 Å². The number of hydrogen-bond donors (Lipinski definition) is 1. The van der Waals surface area contributed by atoms with E-state index >= 15 is 0 Å². The third-order valence-corrected chi connectivity index (χ3v) is 4.84. The fraction of sp³-hybridized carbons (Fsp3) is 0.294. The summed E-state index contributed by atoms with van der Waals surface area (Å²) < 4.78 is 11.1. The van der Waals surface area contributed by atoms with E-state index in [0.717, 1.165) is 21.7 Å². The van der Waals surface area contributed by atoms with Gasteiger partial charge in [-0.15, -0.1) is 0 Å². The average molecular weight is 370 g/mol. The number of nitrogens with two attached hydrogens (primary N) is 1. The lowest BCUT2D eigenvalue weighted by molar-refractivity contribution is -0.118. The average Bonchev–Trinajstić information content (AvgIpc) is 3.31. The van der Waals surface area contributed by atoms with Gasteiger partial charge in [-0.3, -0.25) is 18.6 Å². The number of carbonyl (C=O) groups is 1. The number of carbonyl (C=O) groups excluding carboxylic acids is 1. The molecule has 0 fully saturated rings. The molecule has 2 N–H and O–H groups in total. The fourth-order valence-electron chi connectivity index (χ4n) is 3.36. The van der Waals surface area contributed by atoms with Crippen LogP contribution >= 0.6 is 0 Å². The number of amides is 1. The zero-order valence-electron chi connectivity index (χ0n) is 15.1. The lowest BCUT2D eigenvalue weighted by Gasteiger charge is -2.06. The summed E-state index contributed by atoms with van der Waals surface area (Å²) in [4.78, 5) is 41.3. The number of aryl methyl sites for hydroxylation is 2. The maximum atomic E-state index is 13.0. The van der Waals surface area contributed by atoms with E-state index in [4.69, 9.17) is 10.2 Å². The smallest absolute Gasteiger partial charge is 0.332 e. The molecule has 0 saturated carbocycles. The number of rotatable bonds is 4. The summed E-state index contributed by atoms with van der Waals surface area (Å²) in [5.41, 5.74) is 6.15. The Morgan fingerprint density at radius 1 is 1.22 bits per heavy atom. The van der Waals surface area contributed by atoms with Crippen molar-refractivity contribution < 1.29 is 9.21 Å². The zero-order valence-corrected chi connectivity index (χ0v) is 15.1. The van der Waals surface area contributed by atoms with Crippen molar-refractivity contribution in [3.05, 3.63) is 56.4 Å². The minimum absolute atomic E-state index is 0.229. The van der Waals surface area contributed by atoms with E-state index in [1.165, 1.54) is 11.6 Å². The summed E-state index contributed by atoms with van der Waals surface area (Å²) in [5, 5.41) is 0. The molecular weight excluding hydrogens is 352 g/mol. The first kappa shape index (κ1) is 16.9. The molecule has 0 aromatic carbocycles. The van der Waals surface area contributed by atoms with Crippen LogP contribution in [0.4, 0.5) is 0 Å². The van der Waals surface area contributed by atoms with Crippen LogP contribution in [0.25, 0.3) is 16.9 Å². The van der Waals surface area contributed by atoms with Crippen LogP contribution in [0.2, 0.25) is 0 Å². The molecule has 0 spiro atoms. The van der Waals surface area contributed by atoms with E-state index < -0.39 is 23.7 Å². The molecule has 0 bridgehead atoms. The molecule has 4 aromatic heterocycles. The second kappa shape index (κ2) is 5.73. The first-order chi connectivity index (χ1) is 12.8. The molecule has 0 aliphatic heterocycles. The van der Waals surface area contributed by atoms with Gasteiger partial charge in [0.1, 0.15) is 12.3 Å². The van der Waals surface area contributed by atoms with Crippen LogP contribution in [-0.2, 0) is 24.9 Å². The van der Waals surface area contributed by atoms with Gasteiger partial charge in [0.15, 0.2) is 11.2 Å². The minimum Gasteiger partial charge on any atom is -0.467 e. The number of primary amides is 1. The highest BCUT2D eigenvalue weighted by Gasteiger charge is 2.23. The monoisotopic (exact) mass is 370 g/mol. The Morgan fingerprint density at radius 2 is 1.96 bits per heavy atom. The predicted molar refractivity (Wildman–Crippen MR) is 96.7 cm³/mol. The van der Waals surface area contributed by atoms with Crippen LogP contribution in [0.3, 0.4) is 0 Å². The highest BCUT2D eigenvalue weighted by Crippen LogP contribution is 2.21. The second-order valence-electron chi connectivity index (χ2n) is 6.45. The topological polar surface area (TPSA) is 122 Å². The predicted octanol–water partition coefficient (Wildman–Crippen LogP) is -0.107. The second-order valence-corrected chi connectivity index (χ2v) is 6.45. The molecule has 0 aliphatic carbocycles. The number of imidazole rings is 2. The lowest BCUT2D eigenvalue weighted by Crippen LogP contribution is -2.42. The van der Waals surface area contributed by atoms with Gasteiger partial charge in [-0.1, -0.05) is 0 Å². The van der Waals surface area contributed by atoms with Crippen LogP contribution in [0.1, 0.15) is 17.1 Å². The van der Waals surface area contributed by atoms with Crippen molar-refractivity contribution in [2.45, 2.75) is 26.9 Å². The summed E-state index contributed by atoms with van der Waals surface area (Å²) in [6.07, 6.45) is 1.59. The normalized spacial score (nSPS) is 11.7. The van der Waals surface area contributed by atoms with Gasteiger partial charge >= 0.3 is 5.69 Å². The van der Waals surface area contributed by atoms with Crippen molar-refractivity contribution in [2.24, 2.45) is 12.8 Å². The van der Waals surface area contributed by atoms with E-state index in [-0.39, 0.29) is 11.2 Å². The van der Waals surface area contributed by atoms with Gasteiger partial charge in [-0.05, 0) is 26.0 Å². The maximum Gasteiger partial charge on any atom is 0.332 e. The molecule has 0 atom stereocenters. The molecule has 0 saturated heterocycles. The maximum absolute atomic E-state index is 13.0. The highest BCUT2D eigenvalue weighted by molar-refractivity contribution is 5.78. The number of hydrogen-bond acceptors (Lipinski definition) is 5. The first-order valence-corrected chi connectivity index (χ1v) is 8.29.